The smallest absolute Gasteiger partial charge is 0.319 e. The summed E-state index contributed by atoms with van der Waals surface area (Å²) in [6, 6.07) is 3.07. The Labute approximate surface area is 135 Å². The SMILES string of the molecule is CCOc1ncccc1NC(=O)NCc1ncc(C(C)(C)C)o1. The predicted molar refractivity (Wildman–Crippen MR) is 86.5 cm³/mol. The summed E-state index contributed by atoms with van der Waals surface area (Å²) in [4.78, 5) is 20.2. The van der Waals surface area contributed by atoms with Crippen LogP contribution in [0.15, 0.2) is 28.9 Å². The number of carbonyl (C=O) groups excluding carboxylic acids is 1. The molecule has 124 valence electrons. The lowest BCUT2D eigenvalue weighted by Crippen LogP contribution is -2.28. The summed E-state index contributed by atoms with van der Waals surface area (Å²) in [5.74, 6) is 1.62. The van der Waals surface area contributed by atoms with Gasteiger partial charge in [0.1, 0.15) is 11.4 Å². The van der Waals surface area contributed by atoms with Crippen LogP contribution in [0.5, 0.6) is 5.88 Å². The van der Waals surface area contributed by atoms with E-state index in [-0.39, 0.29) is 18.0 Å². The molecule has 7 heteroatoms. The van der Waals surface area contributed by atoms with Gasteiger partial charge in [-0.3, -0.25) is 0 Å². The van der Waals surface area contributed by atoms with Crippen molar-refractivity contribution in [2.24, 2.45) is 0 Å². The fourth-order valence-electron chi connectivity index (χ4n) is 1.80. The van der Waals surface area contributed by atoms with Crippen molar-refractivity contribution in [3.05, 3.63) is 36.2 Å². The summed E-state index contributed by atoms with van der Waals surface area (Å²) < 4.78 is 11.0. The number of hydrogen-bond acceptors (Lipinski definition) is 5. The number of oxazole rings is 1. The van der Waals surface area contributed by atoms with Gasteiger partial charge in [-0.05, 0) is 19.1 Å². The number of rotatable bonds is 5. The van der Waals surface area contributed by atoms with E-state index in [2.05, 4.69) is 20.6 Å². The van der Waals surface area contributed by atoms with Crippen molar-refractivity contribution in [3.63, 3.8) is 0 Å². The fourth-order valence-corrected chi connectivity index (χ4v) is 1.80. The average Bonchev–Trinajstić information content (AvgIpc) is 2.96. The van der Waals surface area contributed by atoms with Gasteiger partial charge in [0.25, 0.3) is 0 Å². The quantitative estimate of drug-likeness (QED) is 0.884. The van der Waals surface area contributed by atoms with Gasteiger partial charge in [-0.25, -0.2) is 14.8 Å². The van der Waals surface area contributed by atoms with Gasteiger partial charge in [0.05, 0.1) is 19.3 Å². The van der Waals surface area contributed by atoms with Crippen LogP contribution < -0.4 is 15.4 Å². The summed E-state index contributed by atoms with van der Waals surface area (Å²) in [5.41, 5.74) is 0.393. The highest BCUT2D eigenvalue weighted by molar-refractivity contribution is 5.90. The summed E-state index contributed by atoms with van der Waals surface area (Å²) in [7, 11) is 0. The van der Waals surface area contributed by atoms with Gasteiger partial charge in [0, 0.05) is 11.6 Å². The van der Waals surface area contributed by atoms with Crippen LogP contribution in [0.2, 0.25) is 0 Å². The molecule has 2 amide bonds. The first-order valence-corrected chi connectivity index (χ1v) is 7.48. The minimum Gasteiger partial charge on any atom is -0.476 e. The van der Waals surface area contributed by atoms with E-state index >= 15 is 0 Å². The zero-order chi connectivity index (χ0) is 16.9. The summed E-state index contributed by atoms with van der Waals surface area (Å²) in [6.07, 6.45) is 3.29. The summed E-state index contributed by atoms with van der Waals surface area (Å²) >= 11 is 0. The first kappa shape index (κ1) is 16.8. The van der Waals surface area contributed by atoms with Crippen molar-refractivity contribution in [2.75, 3.05) is 11.9 Å². The average molecular weight is 318 g/mol. The van der Waals surface area contributed by atoms with Crippen LogP contribution in [0.1, 0.15) is 39.3 Å². The van der Waals surface area contributed by atoms with Gasteiger partial charge >= 0.3 is 6.03 Å². The molecule has 0 aliphatic heterocycles. The fraction of sp³-hybridized carbons (Fsp3) is 0.438. The van der Waals surface area contributed by atoms with Gasteiger partial charge in [-0.1, -0.05) is 20.8 Å². The number of urea groups is 1. The number of anilines is 1. The molecule has 0 saturated heterocycles. The Morgan fingerprint density at radius 1 is 1.35 bits per heavy atom. The van der Waals surface area contributed by atoms with Crippen LogP contribution in [0.4, 0.5) is 10.5 Å². The number of nitrogens with one attached hydrogen (secondary N) is 2. The Morgan fingerprint density at radius 3 is 2.78 bits per heavy atom. The molecule has 0 fully saturated rings. The maximum absolute atomic E-state index is 12.0. The third-order valence-corrected chi connectivity index (χ3v) is 2.99. The Bertz CT molecular complexity index is 661. The maximum atomic E-state index is 12.0. The van der Waals surface area contributed by atoms with Crippen molar-refractivity contribution in [1.82, 2.24) is 15.3 Å². The lowest BCUT2D eigenvalue weighted by molar-refractivity contribution is 0.250. The normalized spacial score (nSPS) is 11.1. The zero-order valence-corrected chi connectivity index (χ0v) is 13.8. The third-order valence-electron chi connectivity index (χ3n) is 2.99. The molecule has 2 aromatic heterocycles. The first-order chi connectivity index (χ1) is 10.9. The van der Waals surface area contributed by atoms with Crippen molar-refractivity contribution in [1.29, 1.82) is 0 Å². The van der Waals surface area contributed by atoms with Crippen LogP contribution in [-0.4, -0.2) is 22.6 Å². The molecule has 0 aliphatic carbocycles. The van der Waals surface area contributed by atoms with Crippen molar-refractivity contribution >= 4 is 11.7 Å². The molecular formula is C16H22N4O3. The molecule has 7 nitrogen and oxygen atoms in total. The summed E-state index contributed by atoms with van der Waals surface area (Å²) in [5, 5.41) is 5.39. The molecule has 2 rings (SSSR count). The van der Waals surface area contributed by atoms with E-state index < -0.39 is 0 Å². The molecule has 2 N–H and O–H groups in total. The molecule has 0 aliphatic rings. The molecule has 0 radical (unpaired) electrons. The second-order valence-electron chi connectivity index (χ2n) is 5.97. The summed E-state index contributed by atoms with van der Waals surface area (Å²) in [6.45, 7) is 8.64. The van der Waals surface area contributed by atoms with E-state index in [1.807, 2.05) is 27.7 Å². The number of carbonyl (C=O) groups is 1. The second kappa shape index (κ2) is 7.13. The standard InChI is InChI=1S/C16H22N4O3/c1-5-22-14-11(7-6-8-17-14)20-15(21)19-10-13-18-9-12(23-13)16(2,3)4/h6-9H,5,10H2,1-4H3,(H2,19,20,21). The van der Waals surface area contributed by atoms with Gasteiger partial charge < -0.3 is 19.8 Å². The third kappa shape index (κ3) is 4.70. The monoisotopic (exact) mass is 318 g/mol. The molecule has 0 saturated carbocycles. The maximum Gasteiger partial charge on any atom is 0.319 e. The van der Waals surface area contributed by atoms with E-state index in [0.717, 1.165) is 5.76 Å². The highest BCUT2D eigenvalue weighted by Gasteiger charge is 2.19. The zero-order valence-electron chi connectivity index (χ0n) is 13.8. The van der Waals surface area contributed by atoms with Gasteiger partial charge in [0.15, 0.2) is 0 Å². The Hall–Kier alpha value is -2.57. The molecule has 2 heterocycles. The number of aromatic nitrogens is 2. The van der Waals surface area contributed by atoms with Crippen molar-refractivity contribution < 1.29 is 13.9 Å². The minimum atomic E-state index is -0.380. The topological polar surface area (TPSA) is 89.3 Å². The van der Waals surface area contributed by atoms with Crippen LogP contribution in [0, 0.1) is 0 Å². The molecule has 0 aromatic carbocycles. The van der Waals surface area contributed by atoms with Gasteiger partial charge in [-0.2, -0.15) is 0 Å². The van der Waals surface area contributed by atoms with E-state index in [9.17, 15) is 4.79 Å². The number of hydrogen-bond donors (Lipinski definition) is 2. The van der Waals surface area contributed by atoms with Gasteiger partial charge in [-0.15, -0.1) is 0 Å². The largest absolute Gasteiger partial charge is 0.476 e. The molecule has 23 heavy (non-hydrogen) atoms. The lowest BCUT2D eigenvalue weighted by Gasteiger charge is -2.13. The number of nitrogens with zero attached hydrogens (tertiary/aromatic N) is 2. The highest BCUT2D eigenvalue weighted by atomic mass is 16.5. The molecule has 0 spiro atoms. The van der Waals surface area contributed by atoms with E-state index in [1.54, 1.807) is 24.5 Å². The number of amides is 2. The molecule has 0 bridgehead atoms. The lowest BCUT2D eigenvalue weighted by atomic mass is 9.94. The van der Waals surface area contributed by atoms with Crippen molar-refractivity contribution in [2.45, 2.75) is 39.7 Å². The van der Waals surface area contributed by atoms with Crippen LogP contribution in [-0.2, 0) is 12.0 Å². The van der Waals surface area contributed by atoms with E-state index in [0.29, 0.717) is 24.1 Å². The van der Waals surface area contributed by atoms with Crippen LogP contribution in [0.25, 0.3) is 0 Å². The number of pyridine rings is 1. The van der Waals surface area contributed by atoms with Crippen molar-refractivity contribution in [3.8, 4) is 5.88 Å². The Morgan fingerprint density at radius 2 is 2.13 bits per heavy atom. The highest BCUT2D eigenvalue weighted by Crippen LogP contribution is 2.23. The van der Waals surface area contributed by atoms with E-state index in [1.165, 1.54) is 0 Å². The Kier molecular flexibility index (Phi) is 5.20. The minimum absolute atomic E-state index is 0.115. The molecule has 2 aromatic rings. The predicted octanol–water partition coefficient (Wildman–Crippen LogP) is 3.09. The second-order valence-corrected chi connectivity index (χ2v) is 5.97. The molecular weight excluding hydrogens is 296 g/mol. The molecule has 0 unspecified atom stereocenters. The Balaban J connectivity index is 1.92. The van der Waals surface area contributed by atoms with E-state index in [4.69, 9.17) is 9.15 Å². The van der Waals surface area contributed by atoms with Crippen LogP contribution >= 0.6 is 0 Å². The van der Waals surface area contributed by atoms with Gasteiger partial charge in [0.2, 0.25) is 11.8 Å². The van der Waals surface area contributed by atoms with Crippen LogP contribution in [0.3, 0.4) is 0 Å². The first-order valence-electron chi connectivity index (χ1n) is 7.48. The number of ether oxygens (including phenoxy) is 1. The molecule has 0 atom stereocenters.